The maximum atomic E-state index is 5.57. The van der Waals surface area contributed by atoms with Crippen molar-refractivity contribution in [2.45, 2.75) is 33.2 Å². The number of fused-ring (bicyclic) bond motifs is 1. The van der Waals surface area contributed by atoms with Crippen molar-refractivity contribution in [2.75, 3.05) is 11.9 Å². The van der Waals surface area contributed by atoms with Gasteiger partial charge in [-0.15, -0.1) is 0 Å². The van der Waals surface area contributed by atoms with Gasteiger partial charge in [0.05, 0.1) is 17.8 Å². The monoisotopic (exact) mass is 295 g/mol. The van der Waals surface area contributed by atoms with E-state index < -0.39 is 0 Å². The lowest BCUT2D eigenvalue weighted by Gasteiger charge is -2.32. The average Bonchev–Trinajstić information content (AvgIpc) is 2.19. The lowest BCUT2D eigenvalue weighted by molar-refractivity contribution is 0.340. The van der Waals surface area contributed by atoms with Crippen LogP contribution in [0.2, 0.25) is 0 Å². The first-order valence-electron chi connectivity index (χ1n) is 5.87. The summed E-state index contributed by atoms with van der Waals surface area (Å²) < 4.78 is 6.62. The van der Waals surface area contributed by atoms with E-state index >= 15 is 0 Å². The van der Waals surface area contributed by atoms with Gasteiger partial charge in [0, 0.05) is 10.0 Å². The Bertz CT molecular complexity index is 477. The first-order valence-corrected chi connectivity index (χ1v) is 6.66. The highest BCUT2D eigenvalue weighted by molar-refractivity contribution is 9.10. The summed E-state index contributed by atoms with van der Waals surface area (Å²) in [6.45, 7) is 9.17. The smallest absolute Gasteiger partial charge is 0.121 e. The van der Waals surface area contributed by atoms with Gasteiger partial charge in [0.2, 0.25) is 0 Å². The molecule has 17 heavy (non-hydrogen) atoms. The van der Waals surface area contributed by atoms with Gasteiger partial charge in [0.25, 0.3) is 0 Å². The molecule has 0 amide bonds. The van der Waals surface area contributed by atoms with Gasteiger partial charge in [0.15, 0.2) is 0 Å². The van der Waals surface area contributed by atoms with Gasteiger partial charge in [-0.3, -0.25) is 0 Å². The first kappa shape index (κ1) is 12.5. The zero-order valence-corrected chi connectivity index (χ0v) is 12.3. The van der Waals surface area contributed by atoms with E-state index in [0.717, 1.165) is 15.9 Å². The van der Waals surface area contributed by atoms with Crippen LogP contribution in [0.4, 0.5) is 5.69 Å². The summed E-state index contributed by atoms with van der Waals surface area (Å²) >= 11 is 3.61. The van der Waals surface area contributed by atoms with E-state index in [2.05, 4.69) is 54.2 Å². The zero-order chi connectivity index (χ0) is 12.6. The van der Waals surface area contributed by atoms with Crippen LogP contribution in [0.5, 0.6) is 5.75 Å². The van der Waals surface area contributed by atoms with Crippen molar-refractivity contribution in [1.82, 2.24) is 0 Å². The highest BCUT2D eigenvalue weighted by atomic mass is 79.9. The molecule has 1 aromatic rings. The average molecular weight is 296 g/mol. The Labute approximate surface area is 111 Å². The van der Waals surface area contributed by atoms with Crippen LogP contribution < -0.4 is 10.1 Å². The minimum atomic E-state index is -0.00721. The van der Waals surface area contributed by atoms with Gasteiger partial charge in [0.1, 0.15) is 5.75 Å². The minimum Gasteiger partial charge on any atom is -0.494 e. The molecule has 92 valence electrons. The third kappa shape index (κ3) is 2.49. The normalized spacial score (nSPS) is 16.9. The molecule has 0 bridgehead atoms. The summed E-state index contributed by atoms with van der Waals surface area (Å²) in [5, 5.41) is 3.53. The Morgan fingerprint density at radius 3 is 2.71 bits per heavy atom. The predicted molar refractivity (Wildman–Crippen MR) is 76.7 cm³/mol. The van der Waals surface area contributed by atoms with E-state index in [9.17, 15) is 0 Å². The van der Waals surface area contributed by atoms with Gasteiger partial charge in [-0.25, -0.2) is 0 Å². The van der Waals surface area contributed by atoms with Gasteiger partial charge in [-0.2, -0.15) is 0 Å². The highest BCUT2D eigenvalue weighted by Crippen LogP contribution is 2.40. The second-order valence-corrected chi connectivity index (χ2v) is 5.79. The lowest BCUT2D eigenvalue weighted by atomic mass is 9.91. The molecule has 1 aliphatic heterocycles. The van der Waals surface area contributed by atoms with E-state index in [0.29, 0.717) is 6.61 Å². The van der Waals surface area contributed by atoms with Crippen molar-refractivity contribution in [1.29, 1.82) is 0 Å². The van der Waals surface area contributed by atoms with Gasteiger partial charge >= 0.3 is 0 Å². The SMILES string of the molecule is CCOc1cc(Br)c2c(c1)C(C)=CC(C)(C)N2. The molecule has 0 radical (unpaired) electrons. The van der Waals surface area contributed by atoms with Crippen LogP contribution in [0.15, 0.2) is 22.7 Å². The number of ether oxygens (including phenoxy) is 1. The van der Waals surface area contributed by atoms with E-state index in [1.165, 1.54) is 11.1 Å². The van der Waals surface area contributed by atoms with Crippen molar-refractivity contribution in [3.05, 3.63) is 28.2 Å². The van der Waals surface area contributed by atoms with Crippen LogP contribution in [0.25, 0.3) is 5.57 Å². The molecule has 0 saturated carbocycles. The molecule has 0 unspecified atom stereocenters. The quantitative estimate of drug-likeness (QED) is 0.870. The zero-order valence-electron chi connectivity index (χ0n) is 10.7. The highest BCUT2D eigenvalue weighted by Gasteiger charge is 2.24. The van der Waals surface area contributed by atoms with Gasteiger partial charge in [-0.05, 0) is 61.3 Å². The largest absolute Gasteiger partial charge is 0.494 e. The maximum absolute atomic E-state index is 5.57. The van der Waals surface area contributed by atoms with Crippen molar-refractivity contribution >= 4 is 27.2 Å². The van der Waals surface area contributed by atoms with Crippen LogP contribution in [0.1, 0.15) is 33.3 Å². The fourth-order valence-corrected chi connectivity index (χ4v) is 2.79. The Kier molecular flexibility index (Phi) is 3.21. The molecule has 0 atom stereocenters. The third-order valence-electron chi connectivity index (χ3n) is 2.82. The van der Waals surface area contributed by atoms with E-state index in [1.54, 1.807) is 0 Å². The number of hydrogen-bond donors (Lipinski definition) is 1. The molecule has 3 heteroatoms. The molecular weight excluding hydrogens is 278 g/mol. The van der Waals surface area contributed by atoms with Crippen molar-refractivity contribution in [3.8, 4) is 5.75 Å². The number of allylic oxidation sites excluding steroid dienone is 1. The summed E-state index contributed by atoms with van der Waals surface area (Å²) in [7, 11) is 0. The second-order valence-electron chi connectivity index (χ2n) is 4.93. The topological polar surface area (TPSA) is 21.3 Å². The number of benzene rings is 1. The second kappa shape index (κ2) is 4.37. The van der Waals surface area contributed by atoms with Crippen LogP contribution in [-0.2, 0) is 0 Å². The number of nitrogens with one attached hydrogen (secondary N) is 1. The van der Waals surface area contributed by atoms with Crippen molar-refractivity contribution in [3.63, 3.8) is 0 Å². The van der Waals surface area contributed by atoms with E-state index in [-0.39, 0.29) is 5.54 Å². The molecular formula is C14H18BrNO. The number of anilines is 1. The molecule has 1 aromatic carbocycles. The molecule has 0 spiro atoms. The summed E-state index contributed by atoms with van der Waals surface area (Å²) in [6, 6.07) is 4.11. The Morgan fingerprint density at radius 1 is 1.35 bits per heavy atom. The summed E-state index contributed by atoms with van der Waals surface area (Å²) in [4.78, 5) is 0. The Balaban J connectivity index is 2.52. The Hall–Kier alpha value is -0.960. The molecule has 0 saturated heterocycles. The van der Waals surface area contributed by atoms with Crippen molar-refractivity contribution in [2.24, 2.45) is 0 Å². The van der Waals surface area contributed by atoms with Crippen LogP contribution in [0.3, 0.4) is 0 Å². The fourth-order valence-electron chi connectivity index (χ4n) is 2.25. The van der Waals surface area contributed by atoms with Crippen LogP contribution in [0, 0.1) is 0 Å². The fraction of sp³-hybridized carbons (Fsp3) is 0.429. The minimum absolute atomic E-state index is 0.00721. The standard InChI is InChI=1S/C14H18BrNO/c1-5-17-10-6-11-9(2)8-14(3,4)16-13(11)12(15)7-10/h6-8,16H,5H2,1-4H3. The molecule has 0 fully saturated rings. The van der Waals surface area contributed by atoms with Crippen molar-refractivity contribution < 1.29 is 4.74 Å². The third-order valence-corrected chi connectivity index (χ3v) is 3.45. The van der Waals surface area contributed by atoms with E-state index in [1.807, 2.05) is 13.0 Å². The summed E-state index contributed by atoms with van der Waals surface area (Å²) in [6.07, 6.45) is 2.25. The molecule has 1 aliphatic rings. The maximum Gasteiger partial charge on any atom is 0.121 e. The first-order chi connectivity index (χ1) is 7.93. The Morgan fingerprint density at radius 2 is 2.06 bits per heavy atom. The van der Waals surface area contributed by atoms with Crippen LogP contribution >= 0.6 is 15.9 Å². The molecule has 1 heterocycles. The predicted octanol–water partition coefficient (Wildman–Crippen LogP) is 4.46. The van der Waals surface area contributed by atoms with Gasteiger partial charge in [-0.1, -0.05) is 6.08 Å². The van der Waals surface area contributed by atoms with Gasteiger partial charge < -0.3 is 10.1 Å². The summed E-state index contributed by atoms with van der Waals surface area (Å²) in [5.41, 5.74) is 3.64. The number of halogens is 1. The molecule has 0 aromatic heterocycles. The summed E-state index contributed by atoms with van der Waals surface area (Å²) in [5.74, 6) is 0.910. The molecule has 0 aliphatic carbocycles. The van der Waals surface area contributed by atoms with E-state index in [4.69, 9.17) is 4.74 Å². The number of rotatable bonds is 2. The number of hydrogen-bond acceptors (Lipinski definition) is 2. The molecule has 2 nitrogen and oxygen atoms in total. The lowest BCUT2D eigenvalue weighted by Crippen LogP contribution is -2.31. The van der Waals surface area contributed by atoms with Crippen LogP contribution in [-0.4, -0.2) is 12.1 Å². The molecule has 2 rings (SSSR count). The molecule has 1 N–H and O–H groups in total.